The Bertz CT molecular complexity index is 2690. The van der Waals surface area contributed by atoms with Crippen LogP contribution in [0.1, 0.15) is 66.8 Å². The Kier molecular flexibility index (Phi) is 10.6. The number of benzene rings is 2. The van der Waals surface area contributed by atoms with Crippen LogP contribution >= 0.6 is 0 Å². The van der Waals surface area contributed by atoms with Crippen LogP contribution < -0.4 is 22.2 Å². The maximum absolute atomic E-state index is 11.8. The number of allylic oxidation sites excluding steroid dienone is 4. The van der Waals surface area contributed by atoms with Crippen molar-refractivity contribution in [1.82, 2.24) is 7.17 Å². The van der Waals surface area contributed by atoms with E-state index in [9.17, 15) is 19.8 Å². The number of aromatic nitrogens is 2. The van der Waals surface area contributed by atoms with Gasteiger partial charge in [0.05, 0.1) is 0 Å². The van der Waals surface area contributed by atoms with Gasteiger partial charge in [-0.15, -0.1) is 0 Å². The second-order valence-corrected chi connectivity index (χ2v) is 15.4. The minimum Gasteiger partial charge on any atom is -0.399 e. The maximum Gasteiger partial charge on any atom is 0.0314 e. The molecule has 0 atom stereocenters. The SMILES string of the molecule is C=CC1=C(C)C2=NC/1=C\c1c(C)c(C=C)c3[n]1[Fe][n]1/c(c(C)c(CCC(=O)O)/c1=C/C1=NC(=C\3)/C(C)=C1CCC(=O)O)=C\2.Nc1ccc(-c2ccc(N)cc2)cc1. The number of hydrogen-bond acceptors (Lipinski definition) is 6. The minimum atomic E-state index is -0.868. The largest absolute Gasteiger partial charge is 0.399 e. The van der Waals surface area contributed by atoms with E-state index in [0.717, 1.165) is 106 Å². The Balaban J connectivity index is 0.000000297. The quantitative estimate of drug-likeness (QED) is 0.103. The molecule has 6 N–H and O–H groups in total. The van der Waals surface area contributed by atoms with E-state index in [1.165, 1.54) is 0 Å². The Morgan fingerprint density at radius 2 is 1.25 bits per heavy atom. The number of nitrogens with two attached hydrogens (primary N) is 2. The van der Waals surface area contributed by atoms with Gasteiger partial charge in [0.15, 0.2) is 0 Å². The van der Waals surface area contributed by atoms with Crippen LogP contribution in [0.2, 0.25) is 0 Å². The van der Waals surface area contributed by atoms with Gasteiger partial charge in [0.1, 0.15) is 0 Å². The van der Waals surface area contributed by atoms with Crippen molar-refractivity contribution in [2.75, 3.05) is 11.5 Å². The van der Waals surface area contributed by atoms with Crippen molar-refractivity contribution in [2.45, 2.75) is 53.4 Å². The third-order valence-electron chi connectivity index (χ3n) is 10.7. The topological polar surface area (TPSA) is 161 Å². The molecule has 4 aliphatic heterocycles. The zero-order valence-corrected chi connectivity index (χ0v) is 33.4. The van der Waals surface area contributed by atoms with Gasteiger partial charge in [0.2, 0.25) is 0 Å². The number of rotatable bonds is 9. The number of hydrogen-bond donors (Lipinski definition) is 4. The Morgan fingerprint density at radius 1 is 0.684 bits per heavy atom. The zero-order valence-electron chi connectivity index (χ0n) is 32.3. The van der Waals surface area contributed by atoms with E-state index < -0.39 is 11.9 Å². The fraction of sp³-hybridized carbons (Fsp3) is 0.174. The molecular weight excluding hydrogens is 756 g/mol. The molecule has 0 saturated carbocycles. The molecule has 6 bridgehead atoms. The van der Waals surface area contributed by atoms with E-state index in [2.05, 4.69) is 45.5 Å². The summed E-state index contributed by atoms with van der Waals surface area (Å²) >= 11 is 0.463. The molecule has 8 rings (SSSR count). The molecule has 0 aliphatic carbocycles. The average molecular weight is 801 g/mol. The second kappa shape index (κ2) is 15.6. The summed E-state index contributed by atoms with van der Waals surface area (Å²) in [5.41, 5.74) is 27.9. The van der Waals surface area contributed by atoms with Crippen molar-refractivity contribution < 1.29 is 35.2 Å². The molecule has 10 nitrogen and oxygen atoms in total. The summed E-state index contributed by atoms with van der Waals surface area (Å²) in [6.07, 6.45) is 12.7. The number of anilines is 2. The van der Waals surface area contributed by atoms with Crippen LogP contribution in [0, 0.1) is 13.8 Å². The first-order valence-corrected chi connectivity index (χ1v) is 19.5. The Labute approximate surface area is 337 Å². The molecule has 0 spiro atoms. The molecule has 4 aliphatic rings. The summed E-state index contributed by atoms with van der Waals surface area (Å²) in [4.78, 5) is 33.4. The van der Waals surface area contributed by atoms with Crippen LogP contribution in [0.15, 0.2) is 111 Å². The van der Waals surface area contributed by atoms with E-state index in [4.69, 9.17) is 21.5 Å². The Morgan fingerprint density at radius 3 is 1.82 bits per heavy atom. The van der Waals surface area contributed by atoms with Crippen LogP contribution in [-0.2, 0) is 31.4 Å². The van der Waals surface area contributed by atoms with Gasteiger partial charge in [-0.05, 0) is 35.4 Å². The average Bonchev–Trinajstić information content (AvgIpc) is 3.81. The predicted octanol–water partition coefficient (Wildman–Crippen LogP) is 7.26. The molecular formula is C46H44FeN6O4. The summed E-state index contributed by atoms with van der Waals surface area (Å²) in [5, 5.41) is 21.0. The molecule has 290 valence electrons. The van der Waals surface area contributed by atoms with E-state index in [1.807, 2.05) is 87.5 Å². The number of carboxylic acid groups (broad SMARTS) is 2. The van der Waals surface area contributed by atoms with Gasteiger partial charge < -0.3 is 11.5 Å². The standard InChI is InChI=1S/C34H34N4O4.C12H12N2.Fe/c1-7-21-17(3)25-13-26-19(5)23(9-11-33(39)40)31(37-26)16-32-24(10-12-34(41)42)20(6)28(38-32)15-30-22(8-2)18(4)27(36-30)14-29(21)35-25;13-11-5-1-9(2-6-11)10-3-7-12(14)8-4-10;/h7-8,13-16H,1-2,9-12H2,3-6H3,(H4,35,36,37,38,39,40,41,42);1-8H,13-14H2;/q;;+2/p-2/b25-13?,26-13-,27-14?,28-15-,29-14-,30-15?,31-16-,32-16?;;. The van der Waals surface area contributed by atoms with E-state index >= 15 is 0 Å². The summed E-state index contributed by atoms with van der Waals surface area (Å²) < 4.78 is 4.47. The Hall–Kier alpha value is -6.42. The van der Waals surface area contributed by atoms with Gasteiger partial charge in [0.25, 0.3) is 0 Å². The van der Waals surface area contributed by atoms with Crippen LogP contribution in [-0.4, -0.2) is 40.7 Å². The first-order valence-electron chi connectivity index (χ1n) is 18.5. The van der Waals surface area contributed by atoms with Crippen molar-refractivity contribution in [2.24, 2.45) is 9.98 Å². The van der Waals surface area contributed by atoms with Gasteiger partial charge in [-0.3, -0.25) is 0 Å². The van der Waals surface area contributed by atoms with Gasteiger partial charge >= 0.3 is 257 Å². The molecule has 4 aromatic rings. The number of carbonyl (C=O) groups is 2. The summed E-state index contributed by atoms with van der Waals surface area (Å²) in [6.45, 7) is 16.4. The van der Waals surface area contributed by atoms with Crippen LogP contribution in [0.5, 0.6) is 0 Å². The molecule has 0 radical (unpaired) electrons. The van der Waals surface area contributed by atoms with Gasteiger partial charge in [0, 0.05) is 11.4 Å². The first kappa shape index (κ1) is 38.8. The summed E-state index contributed by atoms with van der Waals surface area (Å²) in [5.74, 6) is -1.74. The van der Waals surface area contributed by atoms with E-state index in [1.54, 1.807) is 0 Å². The fourth-order valence-corrected chi connectivity index (χ4v) is 9.12. The number of nitrogen functional groups attached to an aromatic ring is 2. The molecule has 0 fully saturated rings. The van der Waals surface area contributed by atoms with Crippen LogP contribution in [0.25, 0.3) is 41.5 Å². The van der Waals surface area contributed by atoms with Gasteiger partial charge in [-0.2, -0.15) is 0 Å². The molecule has 6 heterocycles. The van der Waals surface area contributed by atoms with Crippen molar-refractivity contribution in [3.63, 3.8) is 0 Å². The molecule has 0 unspecified atom stereocenters. The third kappa shape index (κ3) is 7.35. The van der Waals surface area contributed by atoms with Crippen molar-refractivity contribution in [3.05, 3.63) is 146 Å². The molecule has 11 heteroatoms. The van der Waals surface area contributed by atoms with Crippen molar-refractivity contribution in [3.8, 4) is 11.1 Å². The summed E-state index contributed by atoms with van der Waals surface area (Å²) in [7, 11) is 0. The predicted molar refractivity (Wildman–Crippen MR) is 227 cm³/mol. The van der Waals surface area contributed by atoms with Crippen molar-refractivity contribution in [1.29, 1.82) is 0 Å². The molecule has 0 saturated heterocycles. The number of aliphatic imine (C=N–C) groups is 2. The molecule has 2 aromatic carbocycles. The van der Waals surface area contributed by atoms with Crippen molar-refractivity contribution >= 4 is 65.1 Å². The number of carboxylic acids is 2. The number of aliphatic carboxylic acids is 2. The first-order chi connectivity index (χ1) is 27.3. The minimum absolute atomic E-state index is 0.0140. The molecule has 57 heavy (non-hydrogen) atoms. The number of nitrogens with zero attached hydrogens (tertiary/aromatic N) is 4. The smallest absolute Gasteiger partial charge is 0.0314 e. The summed E-state index contributed by atoms with van der Waals surface area (Å²) in [6, 6.07) is 15.6. The van der Waals surface area contributed by atoms with E-state index in [-0.39, 0.29) is 12.8 Å². The third-order valence-corrected chi connectivity index (χ3v) is 12.2. The molecule has 2 aromatic heterocycles. The van der Waals surface area contributed by atoms with Crippen LogP contribution in [0.3, 0.4) is 0 Å². The van der Waals surface area contributed by atoms with Gasteiger partial charge in [-0.1, -0.05) is 24.3 Å². The normalized spacial score (nSPS) is 18.1. The fourth-order valence-electron chi connectivity index (χ4n) is 7.49. The molecule has 0 amide bonds. The maximum atomic E-state index is 11.8. The monoisotopic (exact) mass is 800 g/mol. The second-order valence-electron chi connectivity index (χ2n) is 14.2. The van der Waals surface area contributed by atoms with Crippen LogP contribution in [0.4, 0.5) is 11.4 Å². The van der Waals surface area contributed by atoms with Gasteiger partial charge in [-0.25, -0.2) is 0 Å². The number of fused-ring (bicyclic) bond motifs is 2. The zero-order chi connectivity index (χ0) is 40.7. The van der Waals surface area contributed by atoms with E-state index in [0.29, 0.717) is 33.9 Å².